The van der Waals surface area contributed by atoms with E-state index in [0.717, 1.165) is 25.7 Å². The molecule has 1 saturated carbocycles. The van der Waals surface area contributed by atoms with Crippen LogP contribution in [0.1, 0.15) is 32.1 Å². The molecule has 0 saturated heterocycles. The van der Waals surface area contributed by atoms with Crippen molar-refractivity contribution >= 4 is 33.0 Å². The Balaban J connectivity index is 2.05. The number of nitrogens with one attached hydrogen (secondary N) is 1. The number of benzene rings is 1. The van der Waals surface area contributed by atoms with Crippen LogP contribution in [0.5, 0.6) is 0 Å². The van der Waals surface area contributed by atoms with Crippen LogP contribution in [0.2, 0.25) is 5.02 Å². The number of rotatable bonds is 4. The van der Waals surface area contributed by atoms with Gasteiger partial charge in [0, 0.05) is 5.69 Å². The van der Waals surface area contributed by atoms with E-state index in [9.17, 15) is 8.42 Å². The lowest BCUT2D eigenvalue weighted by Gasteiger charge is -2.21. The molecule has 1 fully saturated rings. The molecule has 1 aromatic rings. The summed E-state index contributed by atoms with van der Waals surface area (Å²) in [6, 6.07) is 4.78. The fourth-order valence-electron chi connectivity index (χ4n) is 2.49. The van der Waals surface area contributed by atoms with Gasteiger partial charge in [0.05, 0.1) is 16.5 Å². The Labute approximate surface area is 119 Å². The van der Waals surface area contributed by atoms with E-state index in [4.69, 9.17) is 17.3 Å². The molecule has 0 unspecified atom stereocenters. The third kappa shape index (κ3) is 4.28. The van der Waals surface area contributed by atoms with Crippen LogP contribution < -0.4 is 10.5 Å². The minimum absolute atomic E-state index is 0.165. The van der Waals surface area contributed by atoms with Crippen LogP contribution in [0.15, 0.2) is 18.2 Å². The van der Waals surface area contributed by atoms with Crippen LogP contribution in [0, 0.1) is 5.92 Å². The van der Waals surface area contributed by atoms with Gasteiger partial charge in [0.1, 0.15) is 0 Å². The zero-order chi connectivity index (χ0) is 13.9. The van der Waals surface area contributed by atoms with Gasteiger partial charge in [0.25, 0.3) is 0 Å². The molecule has 0 aliphatic heterocycles. The molecule has 106 valence electrons. The first kappa shape index (κ1) is 14.5. The second-order valence-corrected chi connectivity index (χ2v) is 7.30. The Hall–Kier alpha value is -0.940. The normalized spacial score (nSPS) is 17.3. The van der Waals surface area contributed by atoms with E-state index in [2.05, 4.69) is 4.72 Å². The zero-order valence-corrected chi connectivity index (χ0v) is 12.3. The van der Waals surface area contributed by atoms with Crippen molar-refractivity contribution in [3.8, 4) is 0 Å². The highest BCUT2D eigenvalue weighted by molar-refractivity contribution is 7.92. The maximum absolute atomic E-state index is 12.1. The first-order valence-electron chi connectivity index (χ1n) is 6.52. The minimum Gasteiger partial charge on any atom is -0.399 e. The molecule has 3 N–H and O–H groups in total. The Morgan fingerprint density at radius 1 is 1.26 bits per heavy atom. The first-order valence-corrected chi connectivity index (χ1v) is 8.55. The van der Waals surface area contributed by atoms with Crippen molar-refractivity contribution in [1.29, 1.82) is 0 Å². The highest BCUT2D eigenvalue weighted by Gasteiger charge is 2.21. The van der Waals surface area contributed by atoms with Crippen LogP contribution in [0.4, 0.5) is 11.4 Å². The summed E-state index contributed by atoms with van der Waals surface area (Å²) in [6.07, 6.45) is 5.45. The molecule has 4 nitrogen and oxygen atoms in total. The van der Waals surface area contributed by atoms with Gasteiger partial charge in [-0.25, -0.2) is 8.42 Å². The SMILES string of the molecule is Nc1ccc(Cl)c(NS(=O)(=O)CC2CCCCC2)c1. The van der Waals surface area contributed by atoms with Gasteiger partial charge in [0.2, 0.25) is 10.0 Å². The highest BCUT2D eigenvalue weighted by Crippen LogP contribution is 2.28. The molecule has 0 bridgehead atoms. The monoisotopic (exact) mass is 302 g/mol. The molecule has 0 amide bonds. The summed E-state index contributed by atoms with van der Waals surface area (Å²) in [5.41, 5.74) is 6.48. The second kappa shape index (κ2) is 6.01. The average Bonchev–Trinajstić information content (AvgIpc) is 2.34. The van der Waals surface area contributed by atoms with Crippen molar-refractivity contribution in [3.63, 3.8) is 0 Å². The van der Waals surface area contributed by atoms with Gasteiger partial charge >= 0.3 is 0 Å². The number of anilines is 2. The van der Waals surface area contributed by atoms with Crippen molar-refractivity contribution in [3.05, 3.63) is 23.2 Å². The maximum Gasteiger partial charge on any atom is 0.233 e. The third-order valence-electron chi connectivity index (χ3n) is 3.44. The first-order chi connectivity index (χ1) is 8.96. The predicted molar refractivity (Wildman–Crippen MR) is 79.8 cm³/mol. The molecule has 0 heterocycles. The van der Waals surface area contributed by atoms with Gasteiger partial charge < -0.3 is 5.73 Å². The molecule has 2 rings (SSSR count). The Kier molecular flexibility index (Phi) is 4.58. The smallest absolute Gasteiger partial charge is 0.233 e. The summed E-state index contributed by atoms with van der Waals surface area (Å²) < 4.78 is 26.8. The number of hydrogen-bond acceptors (Lipinski definition) is 3. The van der Waals surface area contributed by atoms with Gasteiger partial charge in [-0.3, -0.25) is 4.72 Å². The lowest BCUT2D eigenvalue weighted by molar-refractivity contribution is 0.385. The van der Waals surface area contributed by atoms with E-state index < -0.39 is 10.0 Å². The molecule has 0 aromatic heterocycles. The van der Waals surface area contributed by atoms with Crippen LogP contribution in [0.3, 0.4) is 0 Å². The van der Waals surface area contributed by atoms with Crippen LogP contribution >= 0.6 is 11.6 Å². The summed E-state index contributed by atoms with van der Waals surface area (Å²) in [6.45, 7) is 0. The maximum atomic E-state index is 12.1. The summed E-state index contributed by atoms with van der Waals surface area (Å²) in [5.74, 6) is 0.420. The molecule has 1 aromatic carbocycles. The van der Waals surface area contributed by atoms with Crippen LogP contribution in [-0.4, -0.2) is 14.2 Å². The average molecular weight is 303 g/mol. The molecule has 0 atom stereocenters. The largest absolute Gasteiger partial charge is 0.399 e. The van der Waals surface area contributed by atoms with E-state index >= 15 is 0 Å². The van der Waals surface area contributed by atoms with Crippen LogP contribution in [0.25, 0.3) is 0 Å². The van der Waals surface area contributed by atoms with Gasteiger partial charge in [-0.15, -0.1) is 0 Å². The number of nitrogens with two attached hydrogens (primary N) is 1. The van der Waals surface area contributed by atoms with Gasteiger partial charge in [0.15, 0.2) is 0 Å². The number of nitrogen functional groups attached to an aromatic ring is 1. The number of hydrogen-bond donors (Lipinski definition) is 2. The molecular weight excluding hydrogens is 284 g/mol. The van der Waals surface area contributed by atoms with Crippen molar-refractivity contribution in [2.24, 2.45) is 5.92 Å². The summed E-state index contributed by atoms with van der Waals surface area (Å²) in [7, 11) is -3.36. The fourth-order valence-corrected chi connectivity index (χ4v) is 4.26. The van der Waals surface area contributed by atoms with E-state index in [1.54, 1.807) is 18.2 Å². The van der Waals surface area contributed by atoms with Crippen molar-refractivity contribution in [1.82, 2.24) is 0 Å². The van der Waals surface area contributed by atoms with Gasteiger partial charge in [-0.2, -0.15) is 0 Å². The summed E-state index contributed by atoms with van der Waals surface area (Å²) >= 11 is 5.96. The fraction of sp³-hybridized carbons (Fsp3) is 0.538. The number of sulfonamides is 1. The molecule has 6 heteroatoms. The standard InChI is InChI=1S/C13H19ClN2O2S/c14-12-7-6-11(15)8-13(12)16-19(17,18)9-10-4-2-1-3-5-10/h6-8,10,16H,1-5,9,15H2. The Morgan fingerprint density at radius 2 is 1.95 bits per heavy atom. The van der Waals surface area contributed by atoms with E-state index in [0.29, 0.717) is 16.4 Å². The van der Waals surface area contributed by atoms with Crippen molar-refractivity contribution < 1.29 is 8.42 Å². The molecule has 1 aliphatic carbocycles. The molecular formula is C13H19ClN2O2S. The van der Waals surface area contributed by atoms with Crippen LogP contribution in [-0.2, 0) is 10.0 Å². The van der Waals surface area contributed by atoms with Gasteiger partial charge in [-0.1, -0.05) is 30.9 Å². The Bertz CT molecular complexity index is 540. The number of halogens is 1. The molecule has 0 radical (unpaired) electrons. The predicted octanol–water partition coefficient (Wildman–Crippen LogP) is 3.24. The zero-order valence-electron chi connectivity index (χ0n) is 10.7. The quantitative estimate of drug-likeness (QED) is 0.839. The third-order valence-corrected chi connectivity index (χ3v) is 5.21. The minimum atomic E-state index is -3.36. The topological polar surface area (TPSA) is 72.2 Å². The van der Waals surface area contributed by atoms with Crippen molar-refractivity contribution in [2.45, 2.75) is 32.1 Å². The molecule has 0 spiro atoms. The second-order valence-electron chi connectivity index (χ2n) is 5.13. The lowest BCUT2D eigenvalue weighted by Crippen LogP contribution is -2.24. The van der Waals surface area contributed by atoms with Gasteiger partial charge in [-0.05, 0) is 37.0 Å². The lowest BCUT2D eigenvalue weighted by atomic mass is 9.91. The van der Waals surface area contributed by atoms with E-state index in [-0.39, 0.29) is 11.7 Å². The Morgan fingerprint density at radius 3 is 2.63 bits per heavy atom. The van der Waals surface area contributed by atoms with E-state index in [1.165, 1.54) is 6.42 Å². The van der Waals surface area contributed by atoms with E-state index in [1.807, 2.05) is 0 Å². The molecule has 19 heavy (non-hydrogen) atoms. The summed E-state index contributed by atoms with van der Waals surface area (Å²) in [5, 5.41) is 0.362. The molecule has 1 aliphatic rings. The highest BCUT2D eigenvalue weighted by atomic mass is 35.5. The summed E-state index contributed by atoms with van der Waals surface area (Å²) in [4.78, 5) is 0. The van der Waals surface area contributed by atoms with Crippen molar-refractivity contribution in [2.75, 3.05) is 16.2 Å².